The van der Waals surface area contributed by atoms with Crippen LogP contribution in [0.3, 0.4) is 0 Å². The van der Waals surface area contributed by atoms with Crippen LogP contribution in [0.1, 0.15) is 75.5 Å². The Bertz CT molecular complexity index is 1340. The van der Waals surface area contributed by atoms with Gasteiger partial charge in [-0.1, -0.05) is 74.9 Å². The minimum atomic E-state index is -2.18. The number of ether oxygens (including phenoxy) is 1. The number of hydrogen-bond donors (Lipinski definition) is 2. The standard InChI is InChI=1S/C32H44N4O3Si/c1-22-11-10-12-25(19-22)28(39-40(8,9)32(5,6)7)26-17-18-35-27(20-26)36(30(37)38-31(2,3)4)21-23-13-15-24(16-14-23)29(33)34/h10-20,28H,21H2,1-9H3,(H3,33,34). The number of carbonyl (C=O) groups excluding carboxylic acids is 1. The molecule has 3 rings (SSSR count). The Balaban J connectivity index is 2.08. The molecule has 1 heterocycles. The van der Waals surface area contributed by atoms with Crippen molar-refractivity contribution < 1.29 is 14.0 Å². The summed E-state index contributed by atoms with van der Waals surface area (Å²) in [6.07, 6.45) is 0.904. The normalized spacial score (nSPS) is 13.0. The van der Waals surface area contributed by atoms with Crippen molar-refractivity contribution in [3.8, 4) is 0 Å². The highest BCUT2D eigenvalue weighted by Gasteiger charge is 2.40. The van der Waals surface area contributed by atoms with Crippen LogP contribution >= 0.6 is 0 Å². The van der Waals surface area contributed by atoms with Crippen molar-refractivity contribution in [1.82, 2.24) is 4.98 Å². The van der Waals surface area contributed by atoms with Crippen LogP contribution in [-0.4, -0.2) is 30.8 Å². The minimum absolute atomic E-state index is 0.00571. The first-order valence-corrected chi connectivity index (χ1v) is 16.5. The number of hydrogen-bond acceptors (Lipinski definition) is 5. The molecule has 1 amide bonds. The third-order valence-electron chi connectivity index (χ3n) is 7.13. The van der Waals surface area contributed by atoms with E-state index in [9.17, 15) is 4.79 Å². The second-order valence-corrected chi connectivity index (χ2v) is 17.6. The van der Waals surface area contributed by atoms with Gasteiger partial charge in [0.25, 0.3) is 0 Å². The topological polar surface area (TPSA) is 102 Å². The van der Waals surface area contributed by atoms with E-state index in [1.807, 2.05) is 51.1 Å². The molecular weight excluding hydrogens is 516 g/mol. The average molecular weight is 561 g/mol. The Labute approximate surface area is 240 Å². The lowest BCUT2D eigenvalue weighted by atomic mass is 10.0. The lowest BCUT2D eigenvalue weighted by Gasteiger charge is -2.39. The van der Waals surface area contributed by atoms with Crippen LogP contribution in [0, 0.1) is 12.3 Å². The maximum absolute atomic E-state index is 13.5. The van der Waals surface area contributed by atoms with E-state index < -0.39 is 20.0 Å². The first-order valence-electron chi connectivity index (χ1n) is 13.6. The molecular formula is C32H44N4O3Si. The zero-order valence-electron chi connectivity index (χ0n) is 25.3. The van der Waals surface area contributed by atoms with Crippen molar-refractivity contribution in [3.05, 3.63) is 94.7 Å². The van der Waals surface area contributed by atoms with E-state index in [0.717, 1.165) is 22.3 Å². The average Bonchev–Trinajstić information content (AvgIpc) is 2.84. The number of carbonyl (C=O) groups is 1. The number of nitrogen functional groups attached to an aromatic ring is 1. The van der Waals surface area contributed by atoms with Crippen molar-refractivity contribution in [2.75, 3.05) is 4.90 Å². The maximum Gasteiger partial charge on any atom is 0.416 e. The van der Waals surface area contributed by atoms with Crippen molar-refractivity contribution in [1.29, 1.82) is 5.41 Å². The van der Waals surface area contributed by atoms with Gasteiger partial charge in [-0.3, -0.25) is 10.3 Å². The zero-order chi connectivity index (χ0) is 29.9. The molecule has 1 atom stereocenters. The first kappa shape index (κ1) is 31.0. The molecule has 2 aromatic carbocycles. The maximum atomic E-state index is 13.5. The van der Waals surface area contributed by atoms with Gasteiger partial charge in [-0.25, -0.2) is 9.78 Å². The minimum Gasteiger partial charge on any atom is -0.443 e. The molecule has 1 aromatic heterocycles. The summed E-state index contributed by atoms with van der Waals surface area (Å²) in [5, 5.41) is 7.68. The van der Waals surface area contributed by atoms with Crippen molar-refractivity contribution >= 4 is 26.1 Å². The molecule has 3 aromatic rings. The summed E-state index contributed by atoms with van der Waals surface area (Å²) in [4.78, 5) is 19.6. The largest absolute Gasteiger partial charge is 0.443 e. The summed E-state index contributed by atoms with van der Waals surface area (Å²) in [5.41, 5.74) is 9.56. The molecule has 3 N–H and O–H groups in total. The monoisotopic (exact) mass is 560 g/mol. The van der Waals surface area contributed by atoms with Crippen molar-refractivity contribution in [3.63, 3.8) is 0 Å². The molecule has 0 saturated heterocycles. The Hall–Kier alpha value is -3.49. The van der Waals surface area contributed by atoms with Gasteiger partial charge in [0.2, 0.25) is 0 Å². The highest BCUT2D eigenvalue weighted by Crippen LogP contribution is 2.42. The molecule has 0 aliphatic heterocycles. The molecule has 0 aliphatic rings. The number of nitrogens with one attached hydrogen (secondary N) is 1. The Morgan fingerprint density at radius 2 is 1.62 bits per heavy atom. The van der Waals surface area contributed by atoms with Crippen LogP contribution < -0.4 is 10.6 Å². The van der Waals surface area contributed by atoms with Gasteiger partial charge >= 0.3 is 6.09 Å². The number of pyridine rings is 1. The Morgan fingerprint density at radius 3 is 2.17 bits per heavy atom. The summed E-state index contributed by atoms with van der Waals surface area (Å²) < 4.78 is 12.8. The fraction of sp³-hybridized carbons (Fsp3) is 0.406. The molecule has 8 heteroatoms. The highest BCUT2D eigenvalue weighted by molar-refractivity contribution is 6.74. The van der Waals surface area contributed by atoms with Gasteiger partial charge in [0.1, 0.15) is 17.3 Å². The van der Waals surface area contributed by atoms with E-state index in [4.69, 9.17) is 20.3 Å². The molecule has 1 unspecified atom stereocenters. The summed E-state index contributed by atoms with van der Waals surface area (Å²) >= 11 is 0. The smallest absolute Gasteiger partial charge is 0.416 e. The number of anilines is 1. The van der Waals surface area contributed by atoms with Crippen molar-refractivity contribution in [2.24, 2.45) is 5.73 Å². The number of amides is 1. The van der Waals surface area contributed by atoms with Gasteiger partial charge in [-0.05, 0) is 74.7 Å². The van der Waals surface area contributed by atoms with Crippen LogP contribution in [-0.2, 0) is 15.7 Å². The summed E-state index contributed by atoms with van der Waals surface area (Å²) in [6.45, 7) is 19.0. The summed E-state index contributed by atoms with van der Waals surface area (Å²) in [7, 11) is -2.18. The molecule has 0 fully saturated rings. The summed E-state index contributed by atoms with van der Waals surface area (Å²) in [6, 6.07) is 19.5. The van der Waals surface area contributed by atoms with Gasteiger partial charge < -0.3 is 14.9 Å². The lowest BCUT2D eigenvalue weighted by Crippen LogP contribution is -2.42. The summed E-state index contributed by atoms with van der Waals surface area (Å²) in [5.74, 6) is 0.465. The second-order valence-electron chi connectivity index (χ2n) is 12.8. The van der Waals surface area contributed by atoms with E-state index in [0.29, 0.717) is 11.4 Å². The first-order chi connectivity index (χ1) is 18.5. The molecule has 0 spiro atoms. The predicted molar refractivity (Wildman–Crippen MR) is 165 cm³/mol. The number of amidine groups is 1. The van der Waals surface area contributed by atoms with E-state index in [1.54, 1.807) is 18.3 Å². The molecule has 214 valence electrons. The quantitative estimate of drug-likeness (QED) is 0.167. The number of aryl methyl sites for hydroxylation is 1. The van der Waals surface area contributed by atoms with Crippen molar-refractivity contribution in [2.45, 2.75) is 84.8 Å². The van der Waals surface area contributed by atoms with E-state index in [2.05, 4.69) is 64.0 Å². The molecule has 7 nitrogen and oxygen atoms in total. The molecule has 0 aliphatic carbocycles. The highest BCUT2D eigenvalue weighted by atomic mass is 28.4. The number of benzene rings is 2. The van der Waals surface area contributed by atoms with E-state index in [-0.39, 0.29) is 23.5 Å². The fourth-order valence-electron chi connectivity index (χ4n) is 3.91. The van der Waals surface area contributed by atoms with Crippen LogP contribution in [0.4, 0.5) is 10.6 Å². The van der Waals surface area contributed by atoms with E-state index >= 15 is 0 Å². The van der Waals surface area contributed by atoms with Crippen LogP contribution in [0.15, 0.2) is 66.9 Å². The fourth-order valence-corrected chi connectivity index (χ4v) is 5.12. The SMILES string of the molecule is Cc1cccc(C(O[Si](C)(C)C(C)(C)C)c2ccnc(N(Cc3ccc(C(=N)N)cc3)C(=O)OC(C)(C)C)c2)c1. The van der Waals surface area contributed by atoms with Gasteiger partial charge in [0, 0.05) is 11.8 Å². The van der Waals surface area contributed by atoms with Gasteiger partial charge in [-0.2, -0.15) is 0 Å². The van der Waals surface area contributed by atoms with Crippen LogP contribution in [0.5, 0.6) is 0 Å². The Morgan fingerprint density at radius 1 is 1.00 bits per heavy atom. The molecule has 0 saturated carbocycles. The van der Waals surface area contributed by atoms with Crippen LogP contribution in [0.25, 0.3) is 0 Å². The van der Waals surface area contributed by atoms with E-state index in [1.165, 1.54) is 4.90 Å². The van der Waals surface area contributed by atoms with Crippen LogP contribution in [0.2, 0.25) is 18.1 Å². The Kier molecular flexibility index (Phi) is 9.27. The second kappa shape index (κ2) is 11.9. The van der Waals surface area contributed by atoms with Gasteiger partial charge in [-0.15, -0.1) is 0 Å². The lowest BCUT2D eigenvalue weighted by molar-refractivity contribution is 0.0576. The third kappa shape index (κ3) is 8.02. The number of nitrogens with two attached hydrogens (primary N) is 1. The number of rotatable bonds is 8. The third-order valence-corrected chi connectivity index (χ3v) is 11.6. The van der Waals surface area contributed by atoms with Gasteiger partial charge in [0.15, 0.2) is 8.32 Å². The number of aromatic nitrogens is 1. The van der Waals surface area contributed by atoms with Gasteiger partial charge in [0.05, 0.1) is 12.6 Å². The predicted octanol–water partition coefficient (Wildman–Crippen LogP) is 7.73. The number of nitrogens with zero attached hydrogens (tertiary/aromatic N) is 2. The molecule has 0 radical (unpaired) electrons. The molecule has 0 bridgehead atoms. The zero-order valence-corrected chi connectivity index (χ0v) is 26.3. The molecule has 40 heavy (non-hydrogen) atoms.